The van der Waals surface area contributed by atoms with Crippen molar-refractivity contribution in [3.05, 3.63) is 62.5 Å². The van der Waals surface area contributed by atoms with Crippen molar-refractivity contribution in [1.82, 2.24) is 14.9 Å². The fourth-order valence-electron chi connectivity index (χ4n) is 2.62. The van der Waals surface area contributed by atoms with Gasteiger partial charge in [-0.2, -0.15) is 13.2 Å². The van der Waals surface area contributed by atoms with Gasteiger partial charge in [0.25, 0.3) is 11.5 Å². The number of hydrogen-bond donors (Lipinski definition) is 4. The summed E-state index contributed by atoms with van der Waals surface area (Å²) in [5, 5.41) is 9.81. The summed E-state index contributed by atoms with van der Waals surface area (Å²) in [4.78, 5) is 49.1. The number of benzene rings is 1. The van der Waals surface area contributed by atoms with Gasteiger partial charge in [-0.15, -0.1) is 0 Å². The van der Waals surface area contributed by atoms with E-state index in [0.717, 1.165) is 4.57 Å². The van der Waals surface area contributed by atoms with E-state index in [9.17, 15) is 27.6 Å². The molecule has 1 unspecified atom stereocenters. The van der Waals surface area contributed by atoms with Crippen LogP contribution in [0.5, 0.6) is 0 Å². The molecular formula is C19H19F3N4O6. The second-order valence-electron chi connectivity index (χ2n) is 6.63. The lowest BCUT2D eigenvalue weighted by Crippen LogP contribution is -2.37. The molecule has 3 rings (SSSR count). The van der Waals surface area contributed by atoms with Crippen LogP contribution in [0.25, 0.3) is 16.8 Å². The Balaban J connectivity index is 0.000000451. The van der Waals surface area contributed by atoms with E-state index in [0.29, 0.717) is 5.69 Å². The fourth-order valence-corrected chi connectivity index (χ4v) is 2.62. The molecular weight excluding hydrogens is 437 g/mol. The highest BCUT2D eigenvalue weighted by Gasteiger charge is 2.38. The van der Waals surface area contributed by atoms with Crippen molar-refractivity contribution < 1.29 is 32.3 Å². The maximum atomic E-state index is 12.9. The Labute approximate surface area is 177 Å². The van der Waals surface area contributed by atoms with E-state index in [1.54, 1.807) is 44.2 Å². The second kappa shape index (κ2) is 9.51. The molecule has 13 heteroatoms. The van der Waals surface area contributed by atoms with Crippen LogP contribution in [0.2, 0.25) is 0 Å². The third-order valence-electron chi connectivity index (χ3n) is 3.99. The topological polar surface area (TPSA) is 160 Å². The fraction of sp³-hybridized carbons (Fsp3) is 0.263. The SMILES string of the molecule is Cc1oc2[nH]c(=O)n(-c3ccccc3)c(=O)c2c1C(=O)NCC(C)N.O=C(O)C(F)(F)F. The van der Waals surface area contributed by atoms with Crippen molar-refractivity contribution in [2.45, 2.75) is 26.1 Å². The zero-order valence-corrected chi connectivity index (χ0v) is 16.8. The number of aliphatic carboxylic acids is 1. The molecule has 2 aromatic heterocycles. The number of rotatable bonds is 4. The van der Waals surface area contributed by atoms with Gasteiger partial charge in [0.1, 0.15) is 11.1 Å². The Morgan fingerprint density at radius 1 is 1.25 bits per heavy atom. The van der Waals surface area contributed by atoms with Gasteiger partial charge in [-0.1, -0.05) is 18.2 Å². The first-order valence-corrected chi connectivity index (χ1v) is 9.02. The number of nitrogens with zero attached hydrogens (tertiary/aromatic N) is 1. The number of nitrogens with two attached hydrogens (primary N) is 1. The number of aryl methyl sites for hydroxylation is 1. The summed E-state index contributed by atoms with van der Waals surface area (Å²) in [6.45, 7) is 3.56. The highest BCUT2D eigenvalue weighted by molar-refractivity contribution is 6.06. The average Bonchev–Trinajstić information content (AvgIpc) is 3.02. The number of carboxylic acids is 1. The molecule has 0 aliphatic rings. The Morgan fingerprint density at radius 2 is 1.81 bits per heavy atom. The highest BCUT2D eigenvalue weighted by atomic mass is 19.4. The molecule has 0 fully saturated rings. The van der Waals surface area contributed by atoms with Crippen LogP contribution in [0, 0.1) is 6.92 Å². The molecule has 1 amide bonds. The van der Waals surface area contributed by atoms with Gasteiger partial charge >= 0.3 is 17.8 Å². The molecule has 0 bridgehead atoms. The van der Waals surface area contributed by atoms with E-state index in [-0.39, 0.29) is 35.0 Å². The summed E-state index contributed by atoms with van der Waals surface area (Å²) in [6.07, 6.45) is -5.08. The van der Waals surface area contributed by atoms with Crippen molar-refractivity contribution in [3.63, 3.8) is 0 Å². The number of H-pyrrole nitrogens is 1. The summed E-state index contributed by atoms with van der Waals surface area (Å²) in [6, 6.07) is 8.22. The molecule has 1 aromatic carbocycles. The number of para-hydroxylation sites is 1. The van der Waals surface area contributed by atoms with Gasteiger partial charge in [0.2, 0.25) is 5.71 Å². The van der Waals surface area contributed by atoms with Crippen molar-refractivity contribution in [3.8, 4) is 5.69 Å². The van der Waals surface area contributed by atoms with E-state index in [1.807, 2.05) is 0 Å². The lowest BCUT2D eigenvalue weighted by atomic mass is 10.1. The van der Waals surface area contributed by atoms with Gasteiger partial charge < -0.3 is 20.6 Å². The molecule has 3 aromatic rings. The molecule has 0 aliphatic carbocycles. The van der Waals surface area contributed by atoms with Crippen LogP contribution in [0.4, 0.5) is 13.2 Å². The van der Waals surface area contributed by atoms with Crippen LogP contribution < -0.4 is 22.3 Å². The first-order chi connectivity index (χ1) is 14.8. The number of carbonyl (C=O) groups is 2. The van der Waals surface area contributed by atoms with Gasteiger partial charge in [-0.25, -0.2) is 14.2 Å². The number of carboxylic acid groups (broad SMARTS) is 1. The van der Waals surface area contributed by atoms with E-state index in [4.69, 9.17) is 20.1 Å². The number of aromatic amines is 1. The standard InChI is InChI=1S/C17H18N4O4.C2HF3O2/c1-9(18)8-19-14(22)12-10(2)25-15-13(12)16(23)21(17(24)20-15)11-6-4-3-5-7-11;3-2(4,5)1(6)7/h3-7,9H,8,18H2,1-2H3,(H,19,22)(H,20,24);(H,6,7). The Morgan fingerprint density at radius 3 is 2.31 bits per heavy atom. The quantitative estimate of drug-likeness (QED) is 0.460. The first kappa shape index (κ1) is 24.4. The number of aromatic nitrogens is 2. The molecule has 0 aliphatic heterocycles. The van der Waals surface area contributed by atoms with E-state index < -0.39 is 29.3 Å². The number of furan rings is 1. The van der Waals surface area contributed by atoms with Crippen molar-refractivity contribution >= 4 is 23.0 Å². The molecule has 10 nitrogen and oxygen atoms in total. The maximum Gasteiger partial charge on any atom is 0.490 e. The lowest BCUT2D eigenvalue weighted by Gasteiger charge is -2.07. The molecule has 172 valence electrons. The Hall–Kier alpha value is -3.87. The van der Waals surface area contributed by atoms with Crippen LogP contribution >= 0.6 is 0 Å². The summed E-state index contributed by atoms with van der Waals surface area (Å²) < 4.78 is 38.1. The lowest BCUT2D eigenvalue weighted by molar-refractivity contribution is -0.192. The molecule has 32 heavy (non-hydrogen) atoms. The molecule has 5 N–H and O–H groups in total. The predicted octanol–water partition coefficient (Wildman–Crippen LogP) is 1.29. The summed E-state index contributed by atoms with van der Waals surface area (Å²) in [5.41, 5.74) is 4.86. The van der Waals surface area contributed by atoms with Crippen molar-refractivity contribution in [1.29, 1.82) is 0 Å². The molecule has 1 atom stereocenters. The number of amides is 1. The molecule has 0 saturated carbocycles. The van der Waals surface area contributed by atoms with Crippen molar-refractivity contribution in [2.24, 2.45) is 5.73 Å². The second-order valence-corrected chi connectivity index (χ2v) is 6.63. The minimum Gasteiger partial charge on any atom is -0.475 e. The zero-order valence-electron chi connectivity index (χ0n) is 16.8. The minimum atomic E-state index is -5.08. The third-order valence-corrected chi connectivity index (χ3v) is 3.99. The van der Waals surface area contributed by atoms with Crippen LogP contribution in [-0.2, 0) is 4.79 Å². The van der Waals surface area contributed by atoms with E-state index in [1.165, 1.54) is 0 Å². The van der Waals surface area contributed by atoms with Gasteiger partial charge in [-0.3, -0.25) is 14.6 Å². The highest BCUT2D eigenvalue weighted by Crippen LogP contribution is 2.20. The van der Waals surface area contributed by atoms with Crippen molar-refractivity contribution in [2.75, 3.05) is 6.54 Å². The minimum absolute atomic E-state index is 0.0226. The van der Waals surface area contributed by atoms with Crippen LogP contribution in [-0.4, -0.2) is 45.3 Å². The van der Waals surface area contributed by atoms with Gasteiger partial charge in [0, 0.05) is 12.6 Å². The smallest absolute Gasteiger partial charge is 0.475 e. The van der Waals surface area contributed by atoms with Gasteiger partial charge in [-0.05, 0) is 26.0 Å². The molecule has 0 spiro atoms. The molecule has 0 radical (unpaired) electrons. The number of alkyl halides is 3. The summed E-state index contributed by atoms with van der Waals surface area (Å²) in [7, 11) is 0. The Bertz CT molecular complexity index is 1240. The molecule has 2 heterocycles. The Kier molecular flexibility index (Phi) is 7.25. The number of fused-ring (bicyclic) bond motifs is 1. The number of hydrogen-bond acceptors (Lipinski definition) is 6. The number of carbonyl (C=O) groups excluding carboxylic acids is 1. The number of nitrogens with one attached hydrogen (secondary N) is 2. The average molecular weight is 456 g/mol. The van der Waals surface area contributed by atoms with E-state index >= 15 is 0 Å². The van der Waals surface area contributed by atoms with Crippen LogP contribution in [0.3, 0.4) is 0 Å². The van der Waals surface area contributed by atoms with Crippen LogP contribution in [0.15, 0.2) is 44.3 Å². The third kappa shape index (κ3) is 5.43. The van der Waals surface area contributed by atoms with E-state index in [2.05, 4.69) is 10.3 Å². The maximum absolute atomic E-state index is 12.9. The zero-order chi connectivity index (χ0) is 24.2. The van der Waals surface area contributed by atoms with Gasteiger partial charge in [0.15, 0.2) is 0 Å². The predicted molar refractivity (Wildman–Crippen MR) is 107 cm³/mol. The van der Waals surface area contributed by atoms with Crippen LogP contribution in [0.1, 0.15) is 23.0 Å². The van der Waals surface area contributed by atoms with Gasteiger partial charge in [0.05, 0.1) is 11.3 Å². The molecule has 0 saturated heterocycles. The normalized spacial score (nSPS) is 12.1. The first-order valence-electron chi connectivity index (χ1n) is 9.02. The monoisotopic (exact) mass is 456 g/mol. The largest absolute Gasteiger partial charge is 0.490 e. The number of halogens is 3. The summed E-state index contributed by atoms with van der Waals surface area (Å²) >= 11 is 0. The summed E-state index contributed by atoms with van der Waals surface area (Å²) in [5.74, 6) is -2.99.